The number of hydrogen-bond acceptors (Lipinski definition) is 7. The van der Waals surface area contributed by atoms with Crippen LogP contribution in [0.3, 0.4) is 0 Å². The minimum Gasteiger partial charge on any atom is -0.377 e. The minimum absolute atomic E-state index is 0.330. The van der Waals surface area contributed by atoms with Gasteiger partial charge in [0.15, 0.2) is 5.82 Å². The molecule has 20 heavy (non-hydrogen) atoms. The van der Waals surface area contributed by atoms with E-state index in [-0.39, 0.29) is 0 Å². The molecule has 0 saturated heterocycles. The van der Waals surface area contributed by atoms with Crippen LogP contribution in [0.25, 0.3) is 0 Å². The van der Waals surface area contributed by atoms with Crippen LogP contribution in [0.4, 0.5) is 11.6 Å². The van der Waals surface area contributed by atoms with E-state index in [0.29, 0.717) is 30.6 Å². The van der Waals surface area contributed by atoms with E-state index in [0.717, 1.165) is 11.3 Å². The third-order valence-electron chi connectivity index (χ3n) is 2.64. The van der Waals surface area contributed by atoms with Crippen molar-refractivity contribution in [1.82, 2.24) is 15.0 Å². The van der Waals surface area contributed by atoms with Gasteiger partial charge in [-0.25, -0.2) is 15.8 Å². The average Bonchev–Trinajstić information content (AvgIpc) is 2.47. The summed E-state index contributed by atoms with van der Waals surface area (Å²) in [5.74, 6) is 7.17. The van der Waals surface area contributed by atoms with Gasteiger partial charge in [-0.1, -0.05) is 6.07 Å². The maximum atomic E-state index is 5.39. The van der Waals surface area contributed by atoms with Crippen molar-refractivity contribution >= 4 is 11.6 Å². The Labute approximate surface area is 117 Å². The Kier molecular flexibility index (Phi) is 4.80. The summed E-state index contributed by atoms with van der Waals surface area (Å²) in [6, 6.07) is 5.73. The van der Waals surface area contributed by atoms with Crippen LogP contribution in [0.1, 0.15) is 17.1 Å². The quantitative estimate of drug-likeness (QED) is 0.538. The summed E-state index contributed by atoms with van der Waals surface area (Å²) in [4.78, 5) is 12.8. The van der Waals surface area contributed by atoms with Crippen molar-refractivity contribution in [2.75, 3.05) is 17.9 Å². The van der Waals surface area contributed by atoms with Gasteiger partial charge in [0.25, 0.3) is 0 Å². The molecule has 0 saturated carbocycles. The van der Waals surface area contributed by atoms with Crippen molar-refractivity contribution in [2.45, 2.75) is 20.1 Å². The van der Waals surface area contributed by atoms with Crippen molar-refractivity contribution in [3.63, 3.8) is 0 Å². The average molecular weight is 274 g/mol. The Morgan fingerprint density at radius 2 is 2.05 bits per heavy atom. The third kappa shape index (κ3) is 3.87. The maximum absolute atomic E-state index is 5.39. The second-order valence-electron chi connectivity index (χ2n) is 4.29. The monoisotopic (exact) mass is 274 g/mol. The van der Waals surface area contributed by atoms with Gasteiger partial charge in [0.2, 0.25) is 0 Å². The minimum atomic E-state index is 0.330. The molecule has 0 unspecified atom stereocenters. The lowest BCUT2D eigenvalue weighted by atomic mass is 10.2. The summed E-state index contributed by atoms with van der Waals surface area (Å²) >= 11 is 0. The molecule has 0 amide bonds. The van der Waals surface area contributed by atoms with Crippen molar-refractivity contribution in [2.24, 2.45) is 5.84 Å². The number of rotatable bonds is 6. The number of methoxy groups -OCH3 is 1. The standard InChI is InChI=1S/C13H18N6O/c1-9-3-4-10(6-15-9)7-16-11-5-12(19-14)18-13(17-11)8-20-2/h3-6H,7-8,14H2,1-2H3,(H2,16,17,18,19). The number of nitrogen functional groups attached to an aromatic ring is 1. The summed E-state index contributed by atoms with van der Waals surface area (Å²) in [5.41, 5.74) is 4.58. The third-order valence-corrected chi connectivity index (χ3v) is 2.64. The summed E-state index contributed by atoms with van der Waals surface area (Å²) in [7, 11) is 1.59. The SMILES string of the molecule is COCc1nc(NN)cc(NCc2ccc(C)nc2)n1. The summed E-state index contributed by atoms with van der Waals surface area (Å²) in [6.45, 7) is 2.91. The van der Waals surface area contributed by atoms with Crippen LogP contribution < -0.4 is 16.6 Å². The van der Waals surface area contributed by atoms with Gasteiger partial charge in [-0.3, -0.25) is 4.98 Å². The van der Waals surface area contributed by atoms with Crippen LogP contribution in [0.5, 0.6) is 0 Å². The number of nitrogens with zero attached hydrogens (tertiary/aromatic N) is 3. The highest BCUT2D eigenvalue weighted by molar-refractivity contribution is 5.47. The van der Waals surface area contributed by atoms with Gasteiger partial charge in [-0.15, -0.1) is 0 Å². The number of aryl methyl sites for hydroxylation is 1. The van der Waals surface area contributed by atoms with Gasteiger partial charge in [-0.05, 0) is 18.6 Å². The summed E-state index contributed by atoms with van der Waals surface area (Å²) in [6.07, 6.45) is 1.84. The second kappa shape index (κ2) is 6.78. The highest BCUT2D eigenvalue weighted by Gasteiger charge is 2.04. The molecular weight excluding hydrogens is 256 g/mol. The number of hydrogen-bond donors (Lipinski definition) is 3. The smallest absolute Gasteiger partial charge is 0.158 e. The van der Waals surface area contributed by atoms with Crippen molar-refractivity contribution in [1.29, 1.82) is 0 Å². The molecule has 0 spiro atoms. The van der Waals surface area contributed by atoms with Gasteiger partial charge >= 0.3 is 0 Å². The van der Waals surface area contributed by atoms with Gasteiger partial charge in [-0.2, -0.15) is 0 Å². The second-order valence-corrected chi connectivity index (χ2v) is 4.29. The molecule has 0 atom stereocenters. The topological polar surface area (TPSA) is 98.0 Å². The van der Waals surface area contributed by atoms with Crippen molar-refractivity contribution in [3.8, 4) is 0 Å². The number of nitrogens with two attached hydrogens (primary N) is 1. The molecule has 0 bridgehead atoms. The molecule has 7 heteroatoms. The summed E-state index contributed by atoms with van der Waals surface area (Å²) < 4.78 is 5.03. The molecule has 7 nitrogen and oxygen atoms in total. The van der Waals surface area contributed by atoms with Crippen molar-refractivity contribution < 1.29 is 4.74 Å². The fraction of sp³-hybridized carbons (Fsp3) is 0.308. The number of ether oxygens (including phenoxy) is 1. The van der Waals surface area contributed by atoms with E-state index in [2.05, 4.69) is 25.7 Å². The molecule has 0 aromatic carbocycles. The van der Waals surface area contributed by atoms with E-state index in [4.69, 9.17) is 10.6 Å². The number of aromatic nitrogens is 3. The first-order valence-electron chi connectivity index (χ1n) is 6.20. The van der Waals surface area contributed by atoms with Gasteiger partial charge < -0.3 is 15.5 Å². The van der Waals surface area contributed by atoms with Gasteiger partial charge in [0, 0.05) is 31.6 Å². The van der Waals surface area contributed by atoms with Crippen LogP contribution in [0.15, 0.2) is 24.4 Å². The normalized spacial score (nSPS) is 10.3. The number of nitrogens with one attached hydrogen (secondary N) is 2. The highest BCUT2D eigenvalue weighted by atomic mass is 16.5. The van der Waals surface area contributed by atoms with Crippen LogP contribution >= 0.6 is 0 Å². The Hall–Kier alpha value is -2.25. The Bertz CT molecular complexity index is 557. The van der Waals surface area contributed by atoms with Crippen LogP contribution in [-0.4, -0.2) is 22.1 Å². The zero-order chi connectivity index (χ0) is 14.4. The highest BCUT2D eigenvalue weighted by Crippen LogP contribution is 2.12. The van der Waals surface area contributed by atoms with E-state index in [1.165, 1.54) is 0 Å². The number of anilines is 2. The molecule has 0 aliphatic rings. The predicted molar refractivity (Wildman–Crippen MR) is 76.9 cm³/mol. The molecule has 2 aromatic rings. The van der Waals surface area contributed by atoms with E-state index in [1.807, 2.05) is 25.3 Å². The molecule has 2 rings (SSSR count). The van der Waals surface area contributed by atoms with E-state index < -0.39 is 0 Å². The van der Waals surface area contributed by atoms with Crippen LogP contribution in [0.2, 0.25) is 0 Å². The molecule has 0 aliphatic carbocycles. The molecule has 0 fully saturated rings. The largest absolute Gasteiger partial charge is 0.377 e. The molecule has 106 valence electrons. The first-order valence-corrected chi connectivity index (χ1v) is 6.20. The van der Waals surface area contributed by atoms with Crippen LogP contribution in [-0.2, 0) is 17.9 Å². The van der Waals surface area contributed by atoms with Gasteiger partial charge in [0.1, 0.15) is 18.2 Å². The predicted octanol–water partition coefficient (Wildman–Crippen LogP) is 1.22. The van der Waals surface area contributed by atoms with E-state index >= 15 is 0 Å². The fourth-order valence-electron chi connectivity index (χ4n) is 1.65. The molecular formula is C13H18N6O. The van der Waals surface area contributed by atoms with Crippen molar-refractivity contribution in [3.05, 3.63) is 41.5 Å². The lowest BCUT2D eigenvalue weighted by Crippen LogP contribution is -2.12. The maximum Gasteiger partial charge on any atom is 0.158 e. The van der Waals surface area contributed by atoms with E-state index in [9.17, 15) is 0 Å². The molecule has 2 heterocycles. The zero-order valence-corrected chi connectivity index (χ0v) is 11.6. The first-order chi connectivity index (χ1) is 9.71. The zero-order valence-electron chi connectivity index (χ0n) is 11.6. The Morgan fingerprint density at radius 1 is 1.25 bits per heavy atom. The van der Waals surface area contributed by atoms with Gasteiger partial charge in [0.05, 0.1) is 0 Å². The molecule has 2 aromatic heterocycles. The molecule has 0 radical (unpaired) electrons. The summed E-state index contributed by atoms with van der Waals surface area (Å²) in [5, 5.41) is 3.21. The Morgan fingerprint density at radius 3 is 2.70 bits per heavy atom. The van der Waals surface area contributed by atoms with Crippen LogP contribution in [0, 0.1) is 6.92 Å². The number of pyridine rings is 1. The van der Waals surface area contributed by atoms with E-state index in [1.54, 1.807) is 13.2 Å². The first kappa shape index (κ1) is 14.2. The Balaban J connectivity index is 2.07. The molecule has 4 N–H and O–H groups in total. The molecule has 0 aliphatic heterocycles. The number of hydrazine groups is 1. The lowest BCUT2D eigenvalue weighted by Gasteiger charge is -2.09. The lowest BCUT2D eigenvalue weighted by molar-refractivity contribution is 0.178. The fourth-order valence-corrected chi connectivity index (χ4v) is 1.65.